The zero-order chi connectivity index (χ0) is 26.1. The molecular formula is C24H15F7N2O3. The molecule has 1 amide bonds. The minimum absolute atomic E-state index is 0.0458. The highest BCUT2D eigenvalue weighted by Crippen LogP contribution is 2.37. The molecule has 1 unspecified atom stereocenters. The summed E-state index contributed by atoms with van der Waals surface area (Å²) in [6, 6.07) is 13.8. The highest BCUT2D eigenvalue weighted by molar-refractivity contribution is 6.11. The fourth-order valence-electron chi connectivity index (χ4n) is 3.54. The van der Waals surface area contributed by atoms with Gasteiger partial charge in [0.25, 0.3) is 5.91 Å². The average Bonchev–Trinajstić information content (AvgIpc) is 3.10. The Bertz CT molecular complexity index is 1250. The molecule has 0 saturated heterocycles. The van der Waals surface area contributed by atoms with E-state index in [1.54, 1.807) is 0 Å². The average molecular weight is 512 g/mol. The Morgan fingerprint density at radius 3 is 1.72 bits per heavy atom. The smallest absolute Gasteiger partial charge is 0.406 e. The summed E-state index contributed by atoms with van der Waals surface area (Å²) in [4.78, 5) is 14.5. The number of hydrogen-bond acceptors (Lipinski definition) is 4. The second-order valence-electron chi connectivity index (χ2n) is 7.49. The summed E-state index contributed by atoms with van der Waals surface area (Å²) in [7, 11) is 0. The molecule has 0 aliphatic carbocycles. The van der Waals surface area contributed by atoms with Crippen LogP contribution in [0.1, 0.15) is 11.6 Å². The molecule has 0 spiro atoms. The predicted molar refractivity (Wildman–Crippen MR) is 115 cm³/mol. The molecule has 0 bridgehead atoms. The number of nitrogens with zero attached hydrogens (tertiary/aromatic N) is 1. The van der Waals surface area contributed by atoms with Crippen molar-refractivity contribution in [2.75, 3.05) is 10.2 Å². The third kappa shape index (κ3) is 6.06. The summed E-state index contributed by atoms with van der Waals surface area (Å²) in [5, 5.41) is 2.82. The van der Waals surface area contributed by atoms with Gasteiger partial charge in [0.2, 0.25) is 0 Å². The van der Waals surface area contributed by atoms with Gasteiger partial charge in [0.15, 0.2) is 0 Å². The Kier molecular flexibility index (Phi) is 6.53. The van der Waals surface area contributed by atoms with Crippen molar-refractivity contribution in [3.8, 4) is 11.5 Å². The Morgan fingerprint density at radius 2 is 1.22 bits per heavy atom. The molecule has 0 radical (unpaired) electrons. The van der Waals surface area contributed by atoms with Gasteiger partial charge < -0.3 is 14.8 Å². The van der Waals surface area contributed by atoms with E-state index in [0.717, 1.165) is 24.3 Å². The summed E-state index contributed by atoms with van der Waals surface area (Å²) in [5.74, 6) is -2.02. The maximum absolute atomic E-state index is 13.5. The SMILES string of the molecule is O=C1C(Nc2ccc(OC(F)(F)F)cc2)=CC(c2ccc(F)cc2)N1c1ccc(OC(F)(F)F)cc1. The summed E-state index contributed by atoms with van der Waals surface area (Å²) in [6.45, 7) is 0. The molecular weight excluding hydrogens is 497 g/mol. The molecule has 3 aromatic carbocycles. The molecule has 12 heteroatoms. The number of halogens is 7. The van der Waals surface area contributed by atoms with Crippen LogP contribution >= 0.6 is 0 Å². The Balaban J connectivity index is 1.61. The van der Waals surface area contributed by atoms with Crippen LogP contribution in [0.15, 0.2) is 84.6 Å². The van der Waals surface area contributed by atoms with Crippen LogP contribution in [0.2, 0.25) is 0 Å². The van der Waals surface area contributed by atoms with Crippen molar-refractivity contribution in [2.45, 2.75) is 18.8 Å². The van der Waals surface area contributed by atoms with Crippen molar-refractivity contribution < 1.29 is 45.0 Å². The maximum Gasteiger partial charge on any atom is 0.573 e. The summed E-state index contributed by atoms with van der Waals surface area (Å²) >= 11 is 0. The Morgan fingerprint density at radius 1 is 0.722 bits per heavy atom. The van der Waals surface area contributed by atoms with Gasteiger partial charge in [-0.1, -0.05) is 12.1 Å². The third-order valence-corrected chi connectivity index (χ3v) is 4.98. The second-order valence-corrected chi connectivity index (χ2v) is 7.49. The first kappa shape index (κ1) is 24.9. The molecule has 36 heavy (non-hydrogen) atoms. The molecule has 1 aliphatic heterocycles. The first-order chi connectivity index (χ1) is 16.9. The van der Waals surface area contributed by atoms with Gasteiger partial charge in [-0.05, 0) is 72.3 Å². The number of nitrogens with one attached hydrogen (secondary N) is 1. The van der Waals surface area contributed by atoms with E-state index in [0.29, 0.717) is 5.56 Å². The molecule has 5 nitrogen and oxygen atoms in total. The lowest BCUT2D eigenvalue weighted by Gasteiger charge is -2.25. The van der Waals surface area contributed by atoms with Gasteiger partial charge in [-0.25, -0.2) is 4.39 Å². The largest absolute Gasteiger partial charge is 0.573 e. The highest BCUT2D eigenvalue weighted by Gasteiger charge is 2.36. The lowest BCUT2D eigenvalue weighted by atomic mass is 10.1. The van der Waals surface area contributed by atoms with Crippen molar-refractivity contribution in [2.24, 2.45) is 0 Å². The van der Waals surface area contributed by atoms with Crippen LogP contribution in [0.3, 0.4) is 0 Å². The van der Waals surface area contributed by atoms with E-state index >= 15 is 0 Å². The van der Waals surface area contributed by atoms with Crippen molar-refractivity contribution >= 4 is 17.3 Å². The minimum Gasteiger partial charge on any atom is -0.406 e. The van der Waals surface area contributed by atoms with E-state index in [1.165, 1.54) is 59.5 Å². The van der Waals surface area contributed by atoms with E-state index in [-0.39, 0.29) is 17.1 Å². The van der Waals surface area contributed by atoms with Gasteiger partial charge in [0.1, 0.15) is 23.0 Å². The standard InChI is InChI=1S/C24H15F7N2O3/c25-15-3-1-14(2-4-15)21-13-20(32-16-5-9-18(10-6-16)35-23(26,27)28)22(34)33(21)17-7-11-19(12-8-17)36-24(29,30)31/h1-13,21,32H. The predicted octanol–water partition coefficient (Wildman–Crippen LogP) is 6.71. The molecule has 1 atom stereocenters. The van der Waals surface area contributed by atoms with Gasteiger partial charge in [-0.3, -0.25) is 9.69 Å². The van der Waals surface area contributed by atoms with Crippen LogP contribution < -0.4 is 19.7 Å². The molecule has 1 N–H and O–H groups in total. The summed E-state index contributed by atoms with van der Waals surface area (Å²) in [6.07, 6.45) is -8.24. The number of carbonyl (C=O) groups excluding carboxylic acids is 1. The minimum atomic E-state index is -4.89. The lowest BCUT2D eigenvalue weighted by Crippen LogP contribution is -2.30. The highest BCUT2D eigenvalue weighted by atomic mass is 19.4. The molecule has 3 aromatic rings. The number of alkyl halides is 6. The number of hydrogen-bond donors (Lipinski definition) is 1. The Labute approximate surface area is 199 Å². The number of carbonyl (C=O) groups is 1. The molecule has 0 fully saturated rings. The number of amides is 1. The van der Waals surface area contributed by atoms with Gasteiger partial charge in [-0.2, -0.15) is 0 Å². The van der Waals surface area contributed by atoms with Crippen molar-refractivity contribution in [1.29, 1.82) is 0 Å². The third-order valence-electron chi connectivity index (χ3n) is 4.98. The van der Waals surface area contributed by atoms with Gasteiger partial charge >= 0.3 is 12.7 Å². The van der Waals surface area contributed by atoms with Gasteiger partial charge in [0.05, 0.1) is 6.04 Å². The fourth-order valence-corrected chi connectivity index (χ4v) is 3.54. The molecule has 0 saturated carbocycles. The summed E-state index contributed by atoms with van der Waals surface area (Å²) in [5.41, 5.74) is 1.05. The molecule has 1 heterocycles. The van der Waals surface area contributed by atoms with Crippen LogP contribution in [0.25, 0.3) is 0 Å². The van der Waals surface area contributed by atoms with Crippen molar-refractivity contribution in [3.63, 3.8) is 0 Å². The monoisotopic (exact) mass is 512 g/mol. The van der Waals surface area contributed by atoms with Crippen molar-refractivity contribution in [3.05, 3.63) is 96.0 Å². The van der Waals surface area contributed by atoms with E-state index in [1.807, 2.05) is 0 Å². The number of anilines is 2. The van der Waals surface area contributed by atoms with E-state index in [9.17, 15) is 35.5 Å². The maximum atomic E-state index is 13.5. The number of rotatable bonds is 6. The van der Waals surface area contributed by atoms with Gasteiger partial charge in [0, 0.05) is 11.4 Å². The summed E-state index contributed by atoms with van der Waals surface area (Å²) < 4.78 is 95.7. The van der Waals surface area contributed by atoms with Crippen LogP contribution in [-0.4, -0.2) is 18.6 Å². The van der Waals surface area contributed by atoms with Crippen molar-refractivity contribution in [1.82, 2.24) is 0 Å². The van der Waals surface area contributed by atoms with Crippen LogP contribution in [0.4, 0.5) is 42.1 Å². The quantitative estimate of drug-likeness (QED) is 0.373. The number of ether oxygens (including phenoxy) is 2. The van der Waals surface area contributed by atoms with Crippen LogP contribution in [0.5, 0.6) is 11.5 Å². The first-order valence-corrected chi connectivity index (χ1v) is 10.2. The van der Waals surface area contributed by atoms with E-state index < -0.39 is 42.0 Å². The fraction of sp³-hybridized carbons (Fsp3) is 0.125. The van der Waals surface area contributed by atoms with Gasteiger partial charge in [-0.15, -0.1) is 26.3 Å². The number of benzene rings is 3. The van der Waals surface area contributed by atoms with E-state index in [2.05, 4.69) is 14.8 Å². The lowest BCUT2D eigenvalue weighted by molar-refractivity contribution is -0.275. The van der Waals surface area contributed by atoms with Crippen LogP contribution in [-0.2, 0) is 4.79 Å². The van der Waals surface area contributed by atoms with Crippen LogP contribution in [0, 0.1) is 5.82 Å². The molecule has 4 rings (SSSR count). The zero-order valence-corrected chi connectivity index (χ0v) is 17.9. The molecule has 1 aliphatic rings. The topological polar surface area (TPSA) is 50.8 Å². The molecule has 0 aromatic heterocycles. The Hall–Kier alpha value is -4.22. The second kappa shape index (κ2) is 9.44. The normalized spacial score (nSPS) is 16.1. The van der Waals surface area contributed by atoms with E-state index in [4.69, 9.17) is 0 Å². The zero-order valence-electron chi connectivity index (χ0n) is 17.9. The molecule has 188 valence electrons. The first-order valence-electron chi connectivity index (χ1n) is 10.2.